The van der Waals surface area contributed by atoms with Crippen LogP contribution in [-0.4, -0.2) is 257 Å². The number of hydrogen-bond donors (Lipinski definition) is 14. The second-order valence-electron chi connectivity index (χ2n) is 27.8. The molecule has 4 saturated heterocycles. The molecule has 0 bridgehead atoms. The van der Waals surface area contributed by atoms with Crippen LogP contribution in [0.4, 0.5) is 54.8 Å². The first-order chi connectivity index (χ1) is 55.1. The summed E-state index contributed by atoms with van der Waals surface area (Å²) in [5, 5.41) is 115. The highest BCUT2D eigenvalue weighted by molar-refractivity contribution is 5.88. The van der Waals surface area contributed by atoms with Crippen LogP contribution in [-0.2, 0) is 37.9 Å². The SMILES string of the molecule is COC[C@H]1O[C@@H](n2cnc3c(Nc4cc(C)c(O)c(C)c4)nc(C)nc32)[C@H](O)[C@@H]1O.COC[C@H]1O[C@@H](n2cnc3c(Nc4ccc(F)cc4)nc(C)nc32)[C@H](O)[C@@H]1O.COC[C@H]1O[C@@H](n2cnc3c(Nc4ccc(O)c(C)c4)nc(C)nc32)[C@H](O)[C@@H]1O.COC[C@H]1O[C@@H](n2cnc3c(Nc4cccc(F)c4)nc(C)nc32)[C@H](O)[C@@H]1O. The van der Waals surface area contributed by atoms with Gasteiger partial charge in [-0.3, -0.25) is 18.3 Å². The van der Waals surface area contributed by atoms with Crippen LogP contribution in [0.2, 0.25) is 0 Å². The van der Waals surface area contributed by atoms with E-state index >= 15 is 0 Å². The Morgan fingerprint density at radius 1 is 0.348 bits per heavy atom. The van der Waals surface area contributed by atoms with Gasteiger partial charge >= 0.3 is 0 Å². The van der Waals surface area contributed by atoms with Crippen molar-refractivity contribution in [3.05, 3.63) is 156 Å². The summed E-state index contributed by atoms with van der Waals surface area (Å²) < 4.78 is 76.2. The molecule has 0 amide bonds. The fraction of sp³-hybridized carbons (Fsp3) is 0.413. The van der Waals surface area contributed by atoms with E-state index in [1.54, 1.807) is 95.4 Å². The monoisotopic (exact) mass is 1590 g/mol. The largest absolute Gasteiger partial charge is 0.508 e. The van der Waals surface area contributed by atoms with Gasteiger partial charge in [-0.2, -0.15) is 0 Å². The van der Waals surface area contributed by atoms with Gasteiger partial charge in [-0.05, 0) is 138 Å². The number of aliphatic hydroxyl groups is 8. The number of phenolic OH excluding ortho intramolecular Hbond substituents is 2. The summed E-state index contributed by atoms with van der Waals surface area (Å²) in [7, 11) is 5.99. The van der Waals surface area contributed by atoms with Crippen molar-refractivity contribution in [2.24, 2.45) is 0 Å². The number of fused-ring (bicyclic) bond motifs is 4. The van der Waals surface area contributed by atoms with Crippen LogP contribution >= 0.6 is 0 Å². The fourth-order valence-electron chi connectivity index (χ4n) is 13.6. The van der Waals surface area contributed by atoms with Crippen LogP contribution in [0.15, 0.2) is 104 Å². The normalized spacial score (nSPS) is 24.4. The number of hydrogen-bond acceptors (Lipinski definition) is 34. The Morgan fingerprint density at radius 3 is 0.957 bits per heavy atom. The lowest BCUT2D eigenvalue weighted by atomic mass is 10.1. The first-order valence-electron chi connectivity index (χ1n) is 36.2. The predicted octanol–water partition coefficient (Wildman–Crippen LogP) is 5.19. The first-order valence-corrected chi connectivity index (χ1v) is 36.2. The average Bonchev–Trinajstić information content (AvgIpc) is 1.63. The van der Waals surface area contributed by atoms with Crippen LogP contribution in [0.5, 0.6) is 11.5 Å². The second kappa shape index (κ2) is 35.1. The number of rotatable bonds is 20. The van der Waals surface area contributed by atoms with E-state index in [0.29, 0.717) is 103 Å². The molecule has 16 atom stereocenters. The number of aryl methyl sites for hydroxylation is 7. The summed E-state index contributed by atoms with van der Waals surface area (Å²) >= 11 is 0. The molecule has 4 aliphatic rings. The van der Waals surface area contributed by atoms with E-state index in [4.69, 9.17) is 37.9 Å². The van der Waals surface area contributed by atoms with Gasteiger partial charge in [0, 0.05) is 51.2 Å². The number of methoxy groups -OCH3 is 4. The van der Waals surface area contributed by atoms with Crippen LogP contribution < -0.4 is 21.3 Å². The van der Waals surface area contributed by atoms with Gasteiger partial charge in [0.15, 0.2) is 92.8 Å². The van der Waals surface area contributed by atoms with Crippen LogP contribution in [0, 0.1) is 60.1 Å². The molecule has 115 heavy (non-hydrogen) atoms. The number of imidazole rings is 4. The summed E-state index contributed by atoms with van der Waals surface area (Å²) in [6.45, 7) is 13.0. The lowest BCUT2D eigenvalue weighted by molar-refractivity contribution is -0.0580. The van der Waals surface area contributed by atoms with Gasteiger partial charge in [0.1, 0.15) is 120 Å². The van der Waals surface area contributed by atoms with E-state index in [1.807, 2.05) is 26.0 Å². The Kier molecular flexibility index (Phi) is 25.0. The molecule has 4 aromatic carbocycles. The molecule has 4 fully saturated rings. The highest BCUT2D eigenvalue weighted by Crippen LogP contribution is 2.40. The summed E-state index contributed by atoms with van der Waals surface area (Å²) in [4.78, 5) is 52.8. The lowest BCUT2D eigenvalue weighted by Gasteiger charge is -2.17. The van der Waals surface area contributed by atoms with E-state index in [2.05, 4.69) is 81.1 Å². The molecule has 8 aromatic heterocycles. The van der Waals surface area contributed by atoms with Gasteiger partial charge in [-0.25, -0.2) is 68.6 Å². The Hall–Kier alpha value is -10.9. The molecule has 0 radical (unpaired) electrons. The molecule has 12 aromatic rings. The summed E-state index contributed by atoms with van der Waals surface area (Å²) in [6.07, 6.45) is -9.17. The van der Waals surface area contributed by atoms with Crippen LogP contribution in [0.1, 0.15) is 64.9 Å². The van der Waals surface area contributed by atoms with Crippen molar-refractivity contribution >= 4 is 90.7 Å². The molecule has 610 valence electrons. The van der Waals surface area contributed by atoms with Crippen LogP contribution in [0.3, 0.4) is 0 Å². The maximum absolute atomic E-state index is 13.5. The Morgan fingerprint density at radius 2 is 0.643 bits per heavy atom. The standard InChI is InChI=1S/C20H25N5O5.C19H23N5O5.2C18H20FN5O4/c1-9-5-12(6-10(2)15(9)26)24-18-14-19(23-11(3)22-18)25(8-21-14)20-17(28)16(27)13(30-20)7-29-4;1-9-6-11(4-5-12(9)25)23-17-14-18(22-10(2)21-17)24(8-20-14)19-16(27)15(26)13(29-19)7-28-3;1-9-21-16(23-11-5-3-10(19)4-6-11)13-17(22-9)24(8-20-13)18-15(26)14(25)12(28-18)7-27-2;1-9-21-16(23-11-5-3-4-10(19)6-11)13-17(22-9)24(8-20-13)18-15(26)14(25)12(28-18)7-27-2/h5-6,8,13,16-17,20,26-28H,7H2,1-4H3,(H,22,23,24);4-6,8,13,15-16,19,25-27H,7H2,1-3H3,(H,21,22,23);2*3-6,8,12,14-15,18,25-26H,7H2,1-2H3,(H,21,22,23)/t13-,16-,17-,20-;13-,15-,16-,19-;2*12-,14-,15-,18-/m1111/s1. The minimum Gasteiger partial charge on any atom is -0.508 e. The molecule has 14 N–H and O–H groups in total. The molecule has 0 spiro atoms. The quantitative estimate of drug-likeness (QED) is 0.0436. The van der Waals surface area contributed by atoms with Gasteiger partial charge in [-0.1, -0.05) is 6.07 Å². The van der Waals surface area contributed by atoms with Gasteiger partial charge in [0.25, 0.3) is 0 Å². The van der Waals surface area contributed by atoms with Crippen molar-refractivity contribution in [1.29, 1.82) is 0 Å². The van der Waals surface area contributed by atoms with Crippen molar-refractivity contribution < 1.29 is 97.7 Å². The number of phenols is 2. The smallest absolute Gasteiger partial charge is 0.167 e. The molecule has 0 aliphatic carbocycles. The summed E-state index contributed by atoms with van der Waals surface area (Å²) in [5.74, 6) is 3.48. The van der Waals surface area contributed by atoms with Crippen LogP contribution in [0.25, 0.3) is 44.7 Å². The Bertz CT molecular complexity index is 5390. The third-order valence-corrected chi connectivity index (χ3v) is 19.3. The minimum atomic E-state index is -1.17. The highest BCUT2D eigenvalue weighted by atomic mass is 19.1. The third-order valence-electron chi connectivity index (χ3n) is 19.3. The maximum Gasteiger partial charge on any atom is 0.167 e. The van der Waals surface area contributed by atoms with E-state index < -0.39 is 98.2 Å². The first kappa shape index (κ1) is 82.1. The fourth-order valence-corrected chi connectivity index (χ4v) is 13.6. The average molecular weight is 1600 g/mol. The van der Waals surface area contributed by atoms with Crippen molar-refractivity contribution in [2.75, 3.05) is 76.1 Å². The van der Waals surface area contributed by atoms with Gasteiger partial charge in [-0.15, -0.1) is 0 Å². The Balaban J connectivity index is 0.000000134. The minimum absolute atomic E-state index is 0.141. The summed E-state index contributed by atoms with van der Waals surface area (Å²) in [6, 6.07) is 20.6. The van der Waals surface area contributed by atoms with Gasteiger partial charge in [0.05, 0.1) is 51.7 Å². The number of aliphatic hydroxyl groups excluding tert-OH is 8. The second-order valence-corrected chi connectivity index (χ2v) is 27.8. The van der Waals surface area contributed by atoms with E-state index in [-0.39, 0.29) is 49.6 Å². The zero-order valence-electron chi connectivity index (χ0n) is 64.0. The number of nitrogens with one attached hydrogen (secondary N) is 4. The lowest BCUT2D eigenvalue weighted by Crippen LogP contribution is -2.33. The third kappa shape index (κ3) is 17.4. The summed E-state index contributed by atoms with van der Waals surface area (Å²) in [5.41, 5.74) is 8.50. The van der Waals surface area contributed by atoms with Crippen molar-refractivity contribution in [3.63, 3.8) is 0 Å². The van der Waals surface area contributed by atoms with E-state index in [9.17, 15) is 59.8 Å². The molecular weight excluding hydrogens is 1510 g/mol. The number of nitrogens with zero attached hydrogens (tertiary/aromatic N) is 16. The predicted molar refractivity (Wildman–Crippen MR) is 408 cm³/mol. The molecule has 12 heterocycles. The van der Waals surface area contributed by atoms with Gasteiger partial charge in [0.2, 0.25) is 0 Å². The molecule has 4 aliphatic heterocycles. The maximum atomic E-state index is 13.5. The van der Waals surface area contributed by atoms with Gasteiger partial charge < -0.3 is 110 Å². The van der Waals surface area contributed by atoms with Crippen molar-refractivity contribution in [3.8, 4) is 11.5 Å². The van der Waals surface area contributed by atoms with E-state index in [1.165, 1.54) is 78.0 Å². The zero-order valence-corrected chi connectivity index (χ0v) is 64.0. The zero-order chi connectivity index (χ0) is 82.0. The Labute approximate surface area is 654 Å². The molecular formula is C75H88F2N20O18. The number of ether oxygens (including phenoxy) is 8. The van der Waals surface area contributed by atoms with Crippen molar-refractivity contribution in [2.45, 2.75) is 147 Å². The number of anilines is 8. The van der Waals surface area contributed by atoms with E-state index in [0.717, 1.165) is 28.1 Å². The highest BCUT2D eigenvalue weighted by Gasteiger charge is 2.48. The number of aromatic hydroxyl groups is 2. The number of benzene rings is 4. The number of aromatic nitrogens is 16. The molecule has 0 saturated carbocycles. The molecule has 40 heteroatoms. The molecule has 38 nitrogen and oxygen atoms in total. The van der Waals surface area contributed by atoms with Crippen molar-refractivity contribution in [1.82, 2.24) is 78.1 Å². The molecule has 16 rings (SSSR count). The molecule has 0 unspecified atom stereocenters. The number of halogens is 2. The topological polar surface area (TPSA) is 499 Å².